The topological polar surface area (TPSA) is 56.1 Å². The maximum atomic E-state index is 12.2. The smallest absolute Gasteiger partial charge is 0.321 e. The number of nitriles is 1. The molecule has 2 amide bonds. The molecule has 0 radical (unpaired) electrons. The average Bonchev–Trinajstić information content (AvgIpc) is 2.99. The molecule has 0 unspecified atom stereocenters. The third-order valence-corrected chi connectivity index (χ3v) is 4.26. The Kier molecular flexibility index (Phi) is 3.12. The lowest BCUT2D eigenvalue weighted by molar-refractivity contribution is 0.219. The molecule has 2 atom stereocenters. The third-order valence-electron chi connectivity index (χ3n) is 4.26. The second-order valence-corrected chi connectivity index (χ2v) is 5.48. The lowest BCUT2D eigenvalue weighted by Gasteiger charge is -2.18. The number of hydrogen-bond acceptors (Lipinski definition) is 2. The molecule has 1 saturated carbocycles. The number of hydrogen-bond donors (Lipinski definition) is 1. The van der Waals surface area contributed by atoms with Gasteiger partial charge in [-0.05, 0) is 42.9 Å². The molecule has 3 rings (SSSR count). The first kappa shape index (κ1) is 12.0. The molecule has 2 aliphatic rings. The predicted octanol–water partition coefficient (Wildman–Crippen LogP) is 2.82. The van der Waals surface area contributed by atoms with Crippen LogP contribution in [0.4, 0.5) is 10.5 Å². The number of likely N-dealkylation sites (tertiary alicyclic amines) is 1. The van der Waals surface area contributed by atoms with Gasteiger partial charge in [0.1, 0.15) is 0 Å². The maximum absolute atomic E-state index is 12.2. The normalized spacial score (nSPS) is 24.9. The van der Waals surface area contributed by atoms with Crippen molar-refractivity contribution in [3.05, 3.63) is 29.8 Å². The first-order valence-corrected chi connectivity index (χ1v) is 6.82. The molecule has 98 valence electrons. The number of amides is 2. The van der Waals surface area contributed by atoms with Crippen molar-refractivity contribution in [2.24, 2.45) is 11.8 Å². The lowest BCUT2D eigenvalue weighted by Crippen LogP contribution is -2.33. The first-order valence-electron chi connectivity index (χ1n) is 6.82. The highest BCUT2D eigenvalue weighted by atomic mass is 16.2. The van der Waals surface area contributed by atoms with Gasteiger partial charge in [0.05, 0.1) is 11.6 Å². The zero-order valence-electron chi connectivity index (χ0n) is 10.8. The summed E-state index contributed by atoms with van der Waals surface area (Å²) in [6.45, 7) is 1.77. The number of fused-ring (bicyclic) bond motifs is 1. The first-order chi connectivity index (χ1) is 9.26. The number of anilines is 1. The summed E-state index contributed by atoms with van der Waals surface area (Å²) in [7, 11) is 0. The Bertz CT molecular complexity index is 522. The summed E-state index contributed by atoms with van der Waals surface area (Å²) in [5.74, 6) is 1.41. The van der Waals surface area contributed by atoms with Crippen LogP contribution in [0.3, 0.4) is 0 Å². The molecule has 2 fully saturated rings. The van der Waals surface area contributed by atoms with E-state index in [0.29, 0.717) is 23.1 Å². The molecule has 0 aromatic heterocycles. The highest BCUT2D eigenvalue weighted by Gasteiger charge is 2.37. The van der Waals surface area contributed by atoms with Crippen LogP contribution in [0.5, 0.6) is 0 Å². The molecule has 4 nitrogen and oxygen atoms in total. The van der Waals surface area contributed by atoms with Gasteiger partial charge in [0.25, 0.3) is 0 Å². The van der Waals surface area contributed by atoms with Crippen molar-refractivity contribution >= 4 is 11.7 Å². The van der Waals surface area contributed by atoms with E-state index < -0.39 is 0 Å². The molecule has 1 heterocycles. The van der Waals surface area contributed by atoms with Gasteiger partial charge in [0, 0.05) is 18.8 Å². The molecule has 1 N–H and O–H groups in total. The van der Waals surface area contributed by atoms with Gasteiger partial charge in [-0.15, -0.1) is 0 Å². The number of nitrogens with one attached hydrogen (secondary N) is 1. The SMILES string of the molecule is N#Cc1cccc(NC(=O)N2C[C@H]3CCC[C@H]3C2)c1. The quantitative estimate of drug-likeness (QED) is 0.839. The molecule has 1 saturated heterocycles. The number of carbonyl (C=O) groups is 1. The number of benzene rings is 1. The second-order valence-electron chi connectivity index (χ2n) is 5.48. The van der Waals surface area contributed by atoms with Crippen LogP contribution >= 0.6 is 0 Å². The minimum atomic E-state index is -0.0375. The van der Waals surface area contributed by atoms with Crippen LogP contribution in [0.1, 0.15) is 24.8 Å². The summed E-state index contributed by atoms with van der Waals surface area (Å²) in [6.07, 6.45) is 3.84. The largest absolute Gasteiger partial charge is 0.324 e. The highest BCUT2D eigenvalue weighted by Crippen LogP contribution is 2.37. The van der Waals surface area contributed by atoms with Crippen LogP contribution in [-0.4, -0.2) is 24.0 Å². The predicted molar refractivity (Wildman–Crippen MR) is 72.6 cm³/mol. The Hall–Kier alpha value is -2.02. The van der Waals surface area contributed by atoms with Crippen molar-refractivity contribution < 1.29 is 4.79 Å². The van der Waals surface area contributed by atoms with Crippen molar-refractivity contribution in [1.29, 1.82) is 5.26 Å². The van der Waals surface area contributed by atoms with Gasteiger partial charge < -0.3 is 10.2 Å². The monoisotopic (exact) mass is 255 g/mol. The molecule has 4 heteroatoms. The number of rotatable bonds is 1. The van der Waals surface area contributed by atoms with Crippen LogP contribution in [-0.2, 0) is 0 Å². The molecule has 0 bridgehead atoms. The summed E-state index contributed by atoms with van der Waals surface area (Å²) in [5.41, 5.74) is 1.26. The molecule has 1 aliphatic carbocycles. The Morgan fingerprint density at radius 1 is 1.32 bits per heavy atom. The zero-order valence-corrected chi connectivity index (χ0v) is 10.8. The Morgan fingerprint density at radius 3 is 2.74 bits per heavy atom. The van der Waals surface area contributed by atoms with Crippen LogP contribution in [0.15, 0.2) is 24.3 Å². The van der Waals surface area contributed by atoms with E-state index in [1.165, 1.54) is 19.3 Å². The zero-order chi connectivity index (χ0) is 13.2. The van der Waals surface area contributed by atoms with Gasteiger partial charge in [-0.25, -0.2) is 4.79 Å². The average molecular weight is 255 g/mol. The third kappa shape index (κ3) is 2.41. The van der Waals surface area contributed by atoms with Crippen molar-refractivity contribution in [3.63, 3.8) is 0 Å². The number of urea groups is 1. The van der Waals surface area contributed by atoms with Gasteiger partial charge in [0.2, 0.25) is 0 Å². The summed E-state index contributed by atoms with van der Waals surface area (Å²) in [4.78, 5) is 14.1. The molecule has 19 heavy (non-hydrogen) atoms. The van der Waals surface area contributed by atoms with E-state index in [1.807, 2.05) is 11.0 Å². The van der Waals surface area contributed by atoms with E-state index >= 15 is 0 Å². The Balaban J connectivity index is 1.64. The van der Waals surface area contributed by atoms with E-state index in [2.05, 4.69) is 11.4 Å². The van der Waals surface area contributed by atoms with Crippen molar-refractivity contribution in [2.75, 3.05) is 18.4 Å². The van der Waals surface area contributed by atoms with Crippen LogP contribution in [0, 0.1) is 23.2 Å². The summed E-state index contributed by atoms with van der Waals surface area (Å²) < 4.78 is 0. The van der Waals surface area contributed by atoms with Crippen molar-refractivity contribution in [2.45, 2.75) is 19.3 Å². The Labute approximate surface area is 113 Å². The Morgan fingerprint density at radius 2 is 2.05 bits per heavy atom. The van der Waals surface area contributed by atoms with E-state index in [4.69, 9.17) is 5.26 Å². The van der Waals surface area contributed by atoms with E-state index in [1.54, 1.807) is 18.2 Å². The van der Waals surface area contributed by atoms with Crippen LogP contribution in [0.2, 0.25) is 0 Å². The summed E-state index contributed by atoms with van der Waals surface area (Å²) >= 11 is 0. The minimum absolute atomic E-state index is 0.0375. The minimum Gasteiger partial charge on any atom is -0.324 e. The molecular formula is C15H17N3O. The van der Waals surface area contributed by atoms with E-state index in [9.17, 15) is 4.79 Å². The highest BCUT2D eigenvalue weighted by molar-refractivity contribution is 5.89. The lowest BCUT2D eigenvalue weighted by atomic mass is 10.0. The van der Waals surface area contributed by atoms with E-state index in [0.717, 1.165) is 13.1 Å². The molecular weight excluding hydrogens is 238 g/mol. The fourth-order valence-corrected chi connectivity index (χ4v) is 3.27. The van der Waals surface area contributed by atoms with Crippen molar-refractivity contribution in [3.8, 4) is 6.07 Å². The van der Waals surface area contributed by atoms with Crippen LogP contribution < -0.4 is 5.32 Å². The van der Waals surface area contributed by atoms with Crippen molar-refractivity contribution in [1.82, 2.24) is 4.90 Å². The maximum Gasteiger partial charge on any atom is 0.321 e. The molecule has 1 aromatic rings. The number of carbonyl (C=O) groups excluding carboxylic acids is 1. The summed E-state index contributed by atoms with van der Waals surface area (Å²) in [6, 6.07) is 9.08. The summed E-state index contributed by atoms with van der Waals surface area (Å²) in [5, 5.41) is 11.7. The molecule has 0 spiro atoms. The number of nitrogens with zero attached hydrogens (tertiary/aromatic N) is 2. The van der Waals surface area contributed by atoms with E-state index in [-0.39, 0.29) is 6.03 Å². The van der Waals surface area contributed by atoms with Gasteiger partial charge in [-0.2, -0.15) is 5.26 Å². The van der Waals surface area contributed by atoms with Crippen LogP contribution in [0.25, 0.3) is 0 Å². The molecule has 1 aliphatic heterocycles. The fourth-order valence-electron chi connectivity index (χ4n) is 3.27. The second kappa shape index (κ2) is 4.93. The van der Waals surface area contributed by atoms with Gasteiger partial charge in [-0.1, -0.05) is 12.5 Å². The standard InChI is InChI=1S/C15H17N3O/c16-8-11-3-1-6-14(7-11)17-15(19)18-9-12-4-2-5-13(12)10-18/h1,3,6-7,12-13H,2,4-5,9-10H2,(H,17,19)/t12-,13+. The van der Waals surface area contributed by atoms with Gasteiger partial charge in [-0.3, -0.25) is 0 Å². The van der Waals surface area contributed by atoms with Gasteiger partial charge >= 0.3 is 6.03 Å². The molecule has 1 aromatic carbocycles. The fraction of sp³-hybridized carbons (Fsp3) is 0.467. The van der Waals surface area contributed by atoms with Gasteiger partial charge in [0.15, 0.2) is 0 Å².